The van der Waals surface area contributed by atoms with Crippen molar-refractivity contribution in [2.24, 2.45) is 0 Å². The van der Waals surface area contributed by atoms with Crippen LogP contribution in [0.25, 0.3) is 0 Å². The van der Waals surface area contributed by atoms with Gasteiger partial charge in [-0.25, -0.2) is 0 Å². The fraction of sp³-hybridized carbons (Fsp3) is 0.0476. The molecule has 0 saturated carbocycles. The summed E-state index contributed by atoms with van der Waals surface area (Å²) in [6.45, 7) is 0. The molecule has 0 saturated heterocycles. The number of nitrogens with one attached hydrogen (secondary N) is 2. The maximum absolute atomic E-state index is 13.4. The van der Waals surface area contributed by atoms with E-state index < -0.39 is 38.2 Å². The Labute approximate surface area is 236 Å². The summed E-state index contributed by atoms with van der Waals surface area (Å²) in [6.07, 6.45) is -4.74. The average Bonchev–Trinajstić information content (AvgIpc) is 2.79. The van der Waals surface area contributed by atoms with Crippen molar-refractivity contribution in [1.82, 2.24) is 0 Å². The monoisotopic (exact) mass is 773 g/mol. The molecule has 0 unspecified atom stereocenters. The van der Waals surface area contributed by atoms with Crippen molar-refractivity contribution in [3.63, 3.8) is 0 Å². The Hall–Kier alpha value is -1.96. The van der Waals surface area contributed by atoms with Gasteiger partial charge in [-0.05, 0) is 106 Å². The second-order valence-electron chi connectivity index (χ2n) is 6.96. The largest absolute Gasteiger partial charge is 0.416 e. The molecule has 0 atom stereocenters. The molecule has 15 heteroatoms. The molecule has 0 heterocycles. The van der Waals surface area contributed by atoms with Gasteiger partial charge in [0.15, 0.2) is 0 Å². The van der Waals surface area contributed by atoms with Gasteiger partial charge >= 0.3 is 6.18 Å². The predicted molar refractivity (Wildman–Crippen MR) is 141 cm³/mol. The summed E-state index contributed by atoms with van der Waals surface area (Å²) in [5, 5.41) is 14.1. The van der Waals surface area contributed by atoms with E-state index in [1.807, 2.05) is 6.07 Å². The summed E-state index contributed by atoms with van der Waals surface area (Å²) in [4.78, 5) is 12.4. The number of carbonyl (C=O) groups is 1. The zero-order chi connectivity index (χ0) is 27.0. The summed E-state index contributed by atoms with van der Waals surface area (Å²) in [5.74, 6) is -1.13. The molecule has 0 aliphatic carbocycles. The first kappa shape index (κ1) is 28.6. The molecule has 0 radical (unpaired) electrons. The van der Waals surface area contributed by atoms with Crippen molar-refractivity contribution in [2.75, 3.05) is 10.6 Å². The quantitative estimate of drug-likeness (QED) is 0.138. The lowest BCUT2D eigenvalue weighted by Crippen LogP contribution is -2.19. The normalized spacial score (nSPS) is 11.6. The number of hydrogen-bond acceptors (Lipinski definition) is 5. The van der Waals surface area contributed by atoms with Gasteiger partial charge in [-0.2, -0.15) is 26.9 Å². The molecule has 3 rings (SSSR count). The smallest absolute Gasteiger partial charge is 0.354 e. The number of hydrogen-bond donors (Lipinski definition) is 3. The van der Waals surface area contributed by atoms with E-state index in [1.54, 1.807) is 0 Å². The zero-order valence-electron chi connectivity index (χ0n) is 17.2. The second-order valence-corrected chi connectivity index (χ2v) is 11.5. The van der Waals surface area contributed by atoms with E-state index in [4.69, 9.17) is 5.26 Å². The van der Waals surface area contributed by atoms with Crippen LogP contribution >= 0.6 is 63.7 Å². The first-order chi connectivity index (χ1) is 16.6. The molecule has 0 bridgehead atoms. The Bertz CT molecular complexity index is 1520. The number of alkyl halides is 3. The number of nitrogens with zero attached hydrogens (tertiary/aromatic N) is 1. The van der Waals surface area contributed by atoms with E-state index >= 15 is 0 Å². The van der Waals surface area contributed by atoms with Crippen LogP contribution in [0.1, 0.15) is 21.5 Å². The minimum Gasteiger partial charge on any atom is -0.354 e. The Morgan fingerprint density at radius 1 is 0.917 bits per heavy atom. The Kier molecular flexibility index (Phi) is 8.58. The van der Waals surface area contributed by atoms with Crippen LogP contribution in [0, 0.1) is 11.3 Å². The minimum absolute atomic E-state index is 0.0424. The third kappa shape index (κ3) is 6.12. The third-order valence-corrected chi connectivity index (χ3v) is 10.6. The van der Waals surface area contributed by atoms with Crippen molar-refractivity contribution in [1.29, 1.82) is 5.26 Å². The fourth-order valence-corrected chi connectivity index (χ4v) is 6.91. The topological polar surface area (TPSA) is 119 Å². The number of benzene rings is 3. The van der Waals surface area contributed by atoms with Gasteiger partial charge in [-0.3, -0.25) is 9.35 Å². The molecule has 0 aromatic heterocycles. The van der Waals surface area contributed by atoms with Gasteiger partial charge in [-0.15, -0.1) is 0 Å². The molecule has 3 N–H and O–H groups in total. The fourth-order valence-electron chi connectivity index (χ4n) is 2.96. The molecular weight excluding hydrogens is 767 g/mol. The molecule has 0 aliphatic heterocycles. The number of nitriles is 1. The summed E-state index contributed by atoms with van der Waals surface area (Å²) >= 11 is 12.4. The Morgan fingerprint density at radius 2 is 1.50 bits per heavy atom. The van der Waals surface area contributed by atoms with Gasteiger partial charge in [0.1, 0.15) is 4.90 Å². The van der Waals surface area contributed by atoms with Crippen molar-refractivity contribution < 1.29 is 30.9 Å². The molecule has 36 heavy (non-hydrogen) atoms. The highest BCUT2D eigenvalue weighted by Crippen LogP contribution is 2.44. The lowest BCUT2D eigenvalue weighted by atomic mass is 10.1. The summed E-state index contributed by atoms with van der Waals surface area (Å²) in [5.41, 5.74) is -1.17. The van der Waals surface area contributed by atoms with E-state index in [1.165, 1.54) is 24.3 Å². The lowest BCUT2D eigenvalue weighted by molar-refractivity contribution is -0.137. The number of halogens is 7. The standard InChI is InChI=1S/C21H10Br4F3N3O4S/c22-15-14(19(36(33,34)35)18(25)17(24)16(15)23)20(32)31-13-7-10(21(26,27)28)3-6-12(13)30-11-4-1-9(8-29)2-5-11/h1-7,30H,(H,31,32)(H,33,34,35). The Balaban J connectivity index is 2.15. The lowest BCUT2D eigenvalue weighted by Gasteiger charge is -2.18. The molecule has 7 nitrogen and oxygen atoms in total. The number of rotatable bonds is 5. The summed E-state index contributed by atoms with van der Waals surface area (Å²) < 4.78 is 74.3. The highest BCUT2D eigenvalue weighted by Gasteiger charge is 2.33. The van der Waals surface area contributed by atoms with Gasteiger partial charge < -0.3 is 10.6 Å². The van der Waals surface area contributed by atoms with E-state index in [0.29, 0.717) is 17.3 Å². The van der Waals surface area contributed by atoms with Crippen molar-refractivity contribution in [3.8, 4) is 6.07 Å². The van der Waals surface area contributed by atoms with Gasteiger partial charge in [0.25, 0.3) is 16.0 Å². The predicted octanol–water partition coefficient (Wildman–Crippen LogP) is 7.87. The van der Waals surface area contributed by atoms with Crippen LogP contribution < -0.4 is 10.6 Å². The van der Waals surface area contributed by atoms with Crippen LogP contribution in [-0.4, -0.2) is 18.9 Å². The van der Waals surface area contributed by atoms with Crippen LogP contribution in [0.5, 0.6) is 0 Å². The van der Waals surface area contributed by atoms with Crippen LogP contribution in [-0.2, 0) is 16.3 Å². The zero-order valence-corrected chi connectivity index (χ0v) is 24.4. The molecule has 188 valence electrons. The number of amides is 1. The van der Waals surface area contributed by atoms with Crippen LogP contribution in [0.2, 0.25) is 0 Å². The first-order valence-corrected chi connectivity index (χ1v) is 13.9. The summed E-state index contributed by atoms with van der Waals surface area (Å²) in [7, 11) is -4.97. The maximum atomic E-state index is 13.4. The van der Waals surface area contributed by atoms with Crippen LogP contribution in [0.3, 0.4) is 0 Å². The highest BCUT2D eigenvalue weighted by molar-refractivity contribution is 9.15. The first-order valence-electron chi connectivity index (χ1n) is 9.28. The van der Waals surface area contributed by atoms with Gasteiger partial charge in [0.05, 0.1) is 38.6 Å². The molecule has 3 aromatic carbocycles. The molecule has 0 fully saturated rings. The van der Waals surface area contributed by atoms with Gasteiger partial charge in [0, 0.05) is 19.1 Å². The highest BCUT2D eigenvalue weighted by atomic mass is 79.9. The third-order valence-electron chi connectivity index (χ3n) is 4.60. The average molecular weight is 777 g/mol. The molecule has 3 aromatic rings. The SMILES string of the molecule is N#Cc1ccc(Nc2ccc(C(F)(F)F)cc2NC(=O)c2c(Br)c(Br)c(Br)c(Br)c2S(=O)(=O)O)cc1. The van der Waals surface area contributed by atoms with Gasteiger partial charge in [0.2, 0.25) is 0 Å². The second kappa shape index (κ2) is 10.8. The van der Waals surface area contributed by atoms with Crippen LogP contribution in [0.15, 0.2) is 65.3 Å². The Morgan fingerprint density at radius 3 is 2.03 bits per heavy atom. The van der Waals surface area contributed by atoms with Crippen LogP contribution in [0.4, 0.5) is 30.2 Å². The van der Waals surface area contributed by atoms with Gasteiger partial charge in [-0.1, -0.05) is 0 Å². The van der Waals surface area contributed by atoms with Crippen molar-refractivity contribution in [3.05, 3.63) is 77.0 Å². The molecule has 0 aliphatic rings. The van der Waals surface area contributed by atoms with E-state index in [2.05, 4.69) is 74.4 Å². The maximum Gasteiger partial charge on any atom is 0.416 e. The molecule has 1 amide bonds. The number of carbonyl (C=O) groups excluding carboxylic acids is 1. The van der Waals surface area contributed by atoms with E-state index in [9.17, 15) is 30.9 Å². The minimum atomic E-state index is -4.97. The van der Waals surface area contributed by atoms with Crippen molar-refractivity contribution >= 4 is 96.8 Å². The van der Waals surface area contributed by atoms with E-state index in [0.717, 1.165) is 12.1 Å². The number of anilines is 3. The van der Waals surface area contributed by atoms with Crippen molar-refractivity contribution in [2.45, 2.75) is 11.1 Å². The summed E-state index contributed by atoms with van der Waals surface area (Å²) in [6, 6.07) is 10.5. The van der Waals surface area contributed by atoms with E-state index in [-0.39, 0.29) is 29.3 Å². The molecular formula is C21H10Br4F3N3O4S. The molecule has 0 spiro atoms.